The number of hydrogen-bond acceptors (Lipinski definition) is 5. The standard InChI is InChI=1S/C21H25FN6/c1-2-20(21-23-24-25-28(21)16-17-6-4-3-5-7-17)27-14-12-26(13-15-27)19-10-8-18(22)9-11-19/h3-11,20H,2,12-16H2,1H3/t20-/m0/s1. The van der Waals surface area contributed by atoms with Gasteiger partial charge in [0.05, 0.1) is 12.6 Å². The predicted molar refractivity (Wildman–Crippen MR) is 107 cm³/mol. The third-order valence-corrected chi connectivity index (χ3v) is 5.37. The summed E-state index contributed by atoms with van der Waals surface area (Å²) in [5, 5.41) is 12.5. The fourth-order valence-corrected chi connectivity index (χ4v) is 3.87. The van der Waals surface area contributed by atoms with Crippen molar-refractivity contribution >= 4 is 5.69 Å². The molecule has 0 bridgehead atoms. The molecule has 1 aromatic heterocycles. The summed E-state index contributed by atoms with van der Waals surface area (Å²) in [6, 6.07) is 17.2. The highest BCUT2D eigenvalue weighted by molar-refractivity contribution is 5.46. The van der Waals surface area contributed by atoms with Gasteiger partial charge in [-0.25, -0.2) is 9.07 Å². The van der Waals surface area contributed by atoms with E-state index in [1.165, 1.54) is 17.7 Å². The van der Waals surface area contributed by atoms with Gasteiger partial charge in [0.1, 0.15) is 5.82 Å². The van der Waals surface area contributed by atoms with Gasteiger partial charge in [-0.2, -0.15) is 0 Å². The fourth-order valence-electron chi connectivity index (χ4n) is 3.87. The number of rotatable bonds is 6. The second kappa shape index (κ2) is 8.48. The SMILES string of the molecule is CC[C@@H](c1nnnn1Cc1ccccc1)N1CCN(c2ccc(F)cc2)CC1. The van der Waals surface area contributed by atoms with Gasteiger partial charge in [0.15, 0.2) is 5.82 Å². The molecular weight excluding hydrogens is 355 g/mol. The van der Waals surface area contributed by atoms with E-state index in [1.54, 1.807) is 0 Å². The van der Waals surface area contributed by atoms with Crippen LogP contribution >= 0.6 is 0 Å². The third-order valence-electron chi connectivity index (χ3n) is 5.37. The first-order valence-corrected chi connectivity index (χ1v) is 9.79. The van der Waals surface area contributed by atoms with Crippen LogP contribution < -0.4 is 4.90 Å². The first-order valence-electron chi connectivity index (χ1n) is 9.79. The van der Waals surface area contributed by atoms with E-state index in [2.05, 4.69) is 44.4 Å². The summed E-state index contributed by atoms with van der Waals surface area (Å²) in [6.07, 6.45) is 0.950. The second-order valence-electron chi connectivity index (χ2n) is 7.10. The van der Waals surface area contributed by atoms with Crippen LogP contribution in [0.1, 0.15) is 30.8 Å². The van der Waals surface area contributed by atoms with Gasteiger partial charge >= 0.3 is 0 Å². The maximum atomic E-state index is 13.2. The fraction of sp³-hybridized carbons (Fsp3) is 0.381. The average molecular weight is 380 g/mol. The van der Waals surface area contributed by atoms with E-state index in [0.717, 1.165) is 44.1 Å². The van der Waals surface area contributed by atoms with E-state index in [9.17, 15) is 4.39 Å². The molecule has 0 amide bonds. The summed E-state index contributed by atoms with van der Waals surface area (Å²) < 4.78 is 15.1. The molecule has 2 aromatic carbocycles. The molecule has 6 nitrogen and oxygen atoms in total. The van der Waals surface area contributed by atoms with Crippen LogP contribution in [0.5, 0.6) is 0 Å². The molecule has 0 unspecified atom stereocenters. The summed E-state index contributed by atoms with van der Waals surface area (Å²) in [5.74, 6) is 0.722. The monoisotopic (exact) mass is 380 g/mol. The van der Waals surface area contributed by atoms with Crippen molar-refractivity contribution in [3.05, 3.63) is 71.8 Å². The van der Waals surface area contributed by atoms with Gasteiger partial charge in [0, 0.05) is 31.9 Å². The molecule has 28 heavy (non-hydrogen) atoms. The summed E-state index contributed by atoms with van der Waals surface area (Å²) in [7, 11) is 0. The van der Waals surface area contributed by atoms with Gasteiger partial charge in [-0.05, 0) is 46.7 Å². The summed E-state index contributed by atoms with van der Waals surface area (Å²) in [5.41, 5.74) is 2.26. The Morgan fingerprint density at radius 2 is 1.68 bits per heavy atom. The van der Waals surface area contributed by atoms with Crippen LogP contribution in [-0.2, 0) is 6.54 Å². The van der Waals surface area contributed by atoms with Crippen molar-refractivity contribution in [1.82, 2.24) is 25.1 Å². The highest BCUT2D eigenvalue weighted by Crippen LogP contribution is 2.25. The van der Waals surface area contributed by atoms with Gasteiger partial charge in [0.25, 0.3) is 0 Å². The summed E-state index contributed by atoms with van der Waals surface area (Å²) in [6.45, 7) is 6.51. The number of nitrogens with zero attached hydrogens (tertiary/aromatic N) is 6. The van der Waals surface area contributed by atoms with Crippen LogP contribution in [0.25, 0.3) is 0 Å². The van der Waals surface area contributed by atoms with E-state index < -0.39 is 0 Å². The van der Waals surface area contributed by atoms with Crippen LogP contribution in [0.2, 0.25) is 0 Å². The number of piperazine rings is 1. The molecule has 2 heterocycles. The van der Waals surface area contributed by atoms with Crippen molar-refractivity contribution in [1.29, 1.82) is 0 Å². The predicted octanol–water partition coefficient (Wildman–Crippen LogP) is 3.13. The maximum Gasteiger partial charge on any atom is 0.168 e. The molecule has 1 saturated heterocycles. The largest absolute Gasteiger partial charge is 0.369 e. The minimum atomic E-state index is -0.196. The minimum absolute atomic E-state index is 0.189. The van der Waals surface area contributed by atoms with Gasteiger partial charge in [-0.3, -0.25) is 4.90 Å². The van der Waals surface area contributed by atoms with Gasteiger partial charge in [-0.15, -0.1) is 5.10 Å². The molecule has 1 aliphatic heterocycles. The van der Waals surface area contributed by atoms with Crippen molar-refractivity contribution in [2.45, 2.75) is 25.9 Å². The third kappa shape index (κ3) is 4.04. The van der Waals surface area contributed by atoms with Crippen LogP contribution in [0.3, 0.4) is 0 Å². The lowest BCUT2D eigenvalue weighted by molar-refractivity contribution is 0.169. The minimum Gasteiger partial charge on any atom is -0.369 e. The van der Waals surface area contributed by atoms with Crippen molar-refractivity contribution < 1.29 is 4.39 Å². The number of aromatic nitrogens is 4. The molecule has 0 radical (unpaired) electrons. The topological polar surface area (TPSA) is 50.1 Å². The van der Waals surface area contributed by atoms with E-state index in [1.807, 2.05) is 35.0 Å². The molecule has 1 atom stereocenters. The second-order valence-corrected chi connectivity index (χ2v) is 7.10. The van der Waals surface area contributed by atoms with Crippen molar-refractivity contribution in [3.8, 4) is 0 Å². The number of tetrazole rings is 1. The molecule has 0 saturated carbocycles. The quantitative estimate of drug-likeness (QED) is 0.658. The Kier molecular flexibility index (Phi) is 5.62. The molecule has 146 valence electrons. The Balaban J connectivity index is 1.44. The van der Waals surface area contributed by atoms with Gasteiger partial charge in [0.2, 0.25) is 0 Å². The van der Waals surface area contributed by atoms with Crippen LogP contribution in [0.15, 0.2) is 54.6 Å². The van der Waals surface area contributed by atoms with E-state index in [-0.39, 0.29) is 11.9 Å². The lowest BCUT2D eigenvalue weighted by Crippen LogP contribution is -2.48. The first kappa shape index (κ1) is 18.6. The number of hydrogen-bond donors (Lipinski definition) is 0. The Labute approximate surface area is 164 Å². The summed E-state index contributed by atoms with van der Waals surface area (Å²) >= 11 is 0. The molecule has 4 rings (SSSR count). The molecule has 0 spiro atoms. The molecule has 1 aliphatic rings. The Bertz CT molecular complexity index is 871. The number of halogens is 1. The van der Waals surface area contributed by atoms with Crippen molar-refractivity contribution in [3.63, 3.8) is 0 Å². The highest BCUT2D eigenvalue weighted by Gasteiger charge is 2.28. The van der Waals surface area contributed by atoms with Crippen LogP contribution in [0.4, 0.5) is 10.1 Å². The van der Waals surface area contributed by atoms with Gasteiger partial charge in [-0.1, -0.05) is 37.3 Å². The average Bonchev–Trinajstić information content (AvgIpc) is 3.18. The van der Waals surface area contributed by atoms with E-state index in [4.69, 9.17) is 0 Å². The van der Waals surface area contributed by atoms with Crippen molar-refractivity contribution in [2.24, 2.45) is 0 Å². The van der Waals surface area contributed by atoms with Crippen LogP contribution in [-0.4, -0.2) is 51.3 Å². The van der Waals surface area contributed by atoms with E-state index in [0.29, 0.717) is 6.54 Å². The maximum absolute atomic E-state index is 13.2. The smallest absolute Gasteiger partial charge is 0.168 e. The Morgan fingerprint density at radius 1 is 0.964 bits per heavy atom. The molecule has 1 fully saturated rings. The molecular formula is C21H25FN6. The van der Waals surface area contributed by atoms with Crippen molar-refractivity contribution in [2.75, 3.05) is 31.1 Å². The van der Waals surface area contributed by atoms with Crippen LogP contribution in [0, 0.1) is 5.82 Å². The summed E-state index contributed by atoms with van der Waals surface area (Å²) in [4.78, 5) is 4.75. The number of benzene rings is 2. The number of anilines is 1. The molecule has 3 aromatic rings. The zero-order valence-corrected chi connectivity index (χ0v) is 16.1. The lowest BCUT2D eigenvalue weighted by Gasteiger charge is -2.39. The molecule has 7 heteroatoms. The van der Waals surface area contributed by atoms with E-state index >= 15 is 0 Å². The normalized spacial score (nSPS) is 16.3. The highest BCUT2D eigenvalue weighted by atomic mass is 19.1. The molecule has 0 N–H and O–H groups in total. The Hall–Kier alpha value is -2.80. The zero-order chi connectivity index (χ0) is 19.3. The Morgan fingerprint density at radius 3 is 2.36 bits per heavy atom. The molecule has 0 aliphatic carbocycles. The zero-order valence-electron chi connectivity index (χ0n) is 16.1. The first-order chi connectivity index (χ1) is 13.7. The lowest BCUT2D eigenvalue weighted by atomic mass is 10.1. The van der Waals surface area contributed by atoms with Gasteiger partial charge < -0.3 is 4.90 Å².